The molecule has 2 heterocycles. The summed E-state index contributed by atoms with van der Waals surface area (Å²) in [5.41, 5.74) is 3.13. The van der Waals surface area contributed by atoms with E-state index in [1.165, 1.54) is 4.90 Å². The van der Waals surface area contributed by atoms with Crippen LogP contribution in [0.5, 0.6) is 5.75 Å². The zero-order valence-electron chi connectivity index (χ0n) is 14.7. The number of H-pyrrole nitrogens is 1. The number of anilines is 1. The fraction of sp³-hybridized carbons (Fsp3) is 0.421. The SMILES string of the molecule is CN1C(=O)C(NC(=O)c2n[nH]c3c2CCCCC3)COc2ccccc21. The van der Waals surface area contributed by atoms with E-state index >= 15 is 0 Å². The largest absolute Gasteiger partial charge is 0.489 e. The van der Waals surface area contributed by atoms with Crippen LogP contribution in [0.3, 0.4) is 0 Å². The third-order valence-corrected chi connectivity index (χ3v) is 5.09. The number of hydrogen-bond donors (Lipinski definition) is 2. The molecule has 1 aliphatic heterocycles. The molecule has 7 heteroatoms. The summed E-state index contributed by atoms with van der Waals surface area (Å²) >= 11 is 0. The third kappa shape index (κ3) is 2.94. The van der Waals surface area contributed by atoms with Gasteiger partial charge in [-0.25, -0.2) is 0 Å². The predicted molar refractivity (Wildman–Crippen MR) is 96.4 cm³/mol. The van der Waals surface area contributed by atoms with Gasteiger partial charge in [0.25, 0.3) is 11.8 Å². The van der Waals surface area contributed by atoms with E-state index in [1.807, 2.05) is 24.3 Å². The topological polar surface area (TPSA) is 87.3 Å². The highest BCUT2D eigenvalue weighted by molar-refractivity contribution is 6.03. The second-order valence-electron chi connectivity index (χ2n) is 6.79. The number of benzene rings is 1. The molecule has 1 unspecified atom stereocenters. The Balaban J connectivity index is 1.54. The summed E-state index contributed by atoms with van der Waals surface area (Å²) in [5, 5.41) is 10.0. The molecule has 2 aliphatic rings. The molecule has 4 rings (SSSR count). The van der Waals surface area contributed by atoms with Gasteiger partial charge in [-0.2, -0.15) is 5.10 Å². The van der Waals surface area contributed by atoms with Crippen molar-refractivity contribution in [2.45, 2.75) is 38.1 Å². The van der Waals surface area contributed by atoms with E-state index in [4.69, 9.17) is 4.74 Å². The number of nitrogens with one attached hydrogen (secondary N) is 2. The number of carbonyl (C=O) groups excluding carboxylic acids is 2. The molecule has 2 amide bonds. The fourth-order valence-corrected chi connectivity index (χ4v) is 3.63. The van der Waals surface area contributed by atoms with Gasteiger partial charge in [-0.05, 0) is 37.8 Å². The Morgan fingerprint density at radius 1 is 1.27 bits per heavy atom. The number of aromatic amines is 1. The van der Waals surface area contributed by atoms with Crippen LogP contribution < -0.4 is 15.0 Å². The molecule has 2 N–H and O–H groups in total. The Morgan fingerprint density at radius 3 is 2.96 bits per heavy atom. The van der Waals surface area contributed by atoms with E-state index in [0.29, 0.717) is 17.1 Å². The summed E-state index contributed by atoms with van der Waals surface area (Å²) in [6.45, 7) is 0.0958. The van der Waals surface area contributed by atoms with Crippen molar-refractivity contribution in [1.82, 2.24) is 15.5 Å². The Bertz CT molecular complexity index is 845. The number of likely N-dealkylation sites (N-methyl/N-ethyl adjacent to an activating group) is 1. The Kier molecular flexibility index (Phi) is 4.36. The van der Waals surface area contributed by atoms with Crippen LogP contribution in [-0.4, -0.2) is 41.7 Å². The van der Waals surface area contributed by atoms with Gasteiger partial charge in [0.15, 0.2) is 5.69 Å². The maximum Gasteiger partial charge on any atom is 0.272 e. The van der Waals surface area contributed by atoms with E-state index in [1.54, 1.807) is 7.05 Å². The van der Waals surface area contributed by atoms with Crippen molar-refractivity contribution in [3.05, 3.63) is 41.2 Å². The van der Waals surface area contributed by atoms with E-state index in [0.717, 1.165) is 43.4 Å². The van der Waals surface area contributed by atoms with Crippen LogP contribution in [0.15, 0.2) is 24.3 Å². The molecule has 7 nitrogen and oxygen atoms in total. The predicted octanol–water partition coefficient (Wildman–Crippen LogP) is 1.83. The number of carbonyl (C=O) groups is 2. The molecule has 0 saturated carbocycles. The van der Waals surface area contributed by atoms with Gasteiger partial charge in [-0.3, -0.25) is 14.7 Å². The van der Waals surface area contributed by atoms with Crippen molar-refractivity contribution >= 4 is 17.5 Å². The summed E-state index contributed by atoms with van der Waals surface area (Å²) in [5.74, 6) is 0.101. The van der Waals surface area contributed by atoms with Gasteiger partial charge >= 0.3 is 0 Å². The molecule has 136 valence electrons. The molecule has 1 aliphatic carbocycles. The molecule has 2 aromatic rings. The van der Waals surface area contributed by atoms with E-state index in [2.05, 4.69) is 15.5 Å². The monoisotopic (exact) mass is 354 g/mol. The molecular weight excluding hydrogens is 332 g/mol. The van der Waals surface area contributed by atoms with Gasteiger partial charge in [0, 0.05) is 18.3 Å². The number of fused-ring (bicyclic) bond motifs is 2. The average molecular weight is 354 g/mol. The second kappa shape index (κ2) is 6.82. The molecule has 0 saturated heterocycles. The maximum atomic E-state index is 12.8. The quantitative estimate of drug-likeness (QED) is 0.806. The van der Waals surface area contributed by atoms with Crippen molar-refractivity contribution in [1.29, 1.82) is 0 Å². The number of aryl methyl sites for hydroxylation is 1. The number of aromatic nitrogens is 2. The van der Waals surface area contributed by atoms with E-state index in [-0.39, 0.29) is 18.4 Å². The first-order valence-corrected chi connectivity index (χ1v) is 9.01. The van der Waals surface area contributed by atoms with Gasteiger partial charge in [0.05, 0.1) is 5.69 Å². The number of ether oxygens (including phenoxy) is 1. The van der Waals surface area contributed by atoms with Gasteiger partial charge < -0.3 is 15.0 Å². The molecule has 26 heavy (non-hydrogen) atoms. The summed E-state index contributed by atoms with van der Waals surface area (Å²) in [4.78, 5) is 27.1. The van der Waals surface area contributed by atoms with Crippen molar-refractivity contribution in [2.75, 3.05) is 18.6 Å². The molecule has 0 radical (unpaired) electrons. The van der Waals surface area contributed by atoms with Crippen molar-refractivity contribution < 1.29 is 14.3 Å². The zero-order valence-corrected chi connectivity index (χ0v) is 14.7. The first kappa shape index (κ1) is 16.6. The highest BCUT2D eigenvalue weighted by atomic mass is 16.5. The standard InChI is InChI=1S/C19H22N4O3/c1-23-15-9-5-6-10-16(15)26-11-14(19(23)25)20-18(24)17-12-7-3-2-4-8-13(12)21-22-17/h5-6,9-10,14H,2-4,7-8,11H2,1H3,(H,20,24)(H,21,22). The third-order valence-electron chi connectivity index (χ3n) is 5.09. The van der Waals surface area contributed by atoms with Gasteiger partial charge in [-0.15, -0.1) is 0 Å². The minimum atomic E-state index is -0.752. The van der Waals surface area contributed by atoms with Crippen molar-refractivity contribution in [2.24, 2.45) is 0 Å². The average Bonchev–Trinajstić information content (AvgIpc) is 2.85. The maximum absolute atomic E-state index is 12.8. The van der Waals surface area contributed by atoms with E-state index in [9.17, 15) is 9.59 Å². The minimum Gasteiger partial charge on any atom is -0.489 e. The van der Waals surface area contributed by atoms with Crippen LogP contribution in [0.2, 0.25) is 0 Å². The molecule has 0 bridgehead atoms. The lowest BCUT2D eigenvalue weighted by atomic mass is 10.1. The van der Waals surface area contributed by atoms with Gasteiger partial charge in [-0.1, -0.05) is 18.6 Å². The Labute approximate surface area is 151 Å². The first-order valence-electron chi connectivity index (χ1n) is 9.01. The fourth-order valence-electron chi connectivity index (χ4n) is 3.63. The number of hydrogen-bond acceptors (Lipinski definition) is 4. The lowest BCUT2D eigenvalue weighted by molar-refractivity contribution is -0.120. The number of para-hydroxylation sites is 2. The molecule has 1 aromatic heterocycles. The second-order valence-corrected chi connectivity index (χ2v) is 6.79. The van der Waals surface area contributed by atoms with Crippen LogP contribution in [0.4, 0.5) is 5.69 Å². The van der Waals surface area contributed by atoms with Crippen LogP contribution in [0.1, 0.15) is 41.0 Å². The number of rotatable bonds is 2. The summed E-state index contributed by atoms with van der Waals surface area (Å²) in [7, 11) is 1.69. The summed E-state index contributed by atoms with van der Waals surface area (Å²) in [6.07, 6.45) is 5.07. The van der Waals surface area contributed by atoms with Gasteiger partial charge in [0.1, 0.15) is 18.4 Å². The van der Waals surface area contributed by atoms with E-state index < -0.39 is 6.04 Å². The summed E-state index contributed by atoms with van der Waals surface area (Å²) < 4.78 is 5.75. The lowest BCUT2D eigenvalue weighted by Crippen LogP contribution is -2.49. The molecule has 0 fully saturated rings. The first-order chi connectivity index (χ1) is 12.6. The molecule has 0 spiro atoms. The lowest BCUT2D eigenvalue weighted by Gasteiger charge is -2.20. The number of nitrogens with zero attached hydrogens (tertiary/aromatic N) is 2. The van der Waals surface area contributed by atoms with Crippen LogP contribution >= 0.6 is 0 Å². The highest BCUT2D eigenvalue weighted by Crippen LogP contribution is 2.30. The normalized spacial score (nSPS) is 19.7. The molecular formula is C19H22N4O3. The zero-order chi connectivity index (χ0) is 18.1. The Hall–Kier alpha value is -2.83. The summed E-state index contributed by atoms with van der Waals surface area (Å²) in [6, 6.07) is 6.60. The smallest absolute Gasteiger partial charge is 0.272 e. The van der Waals surface area contributed by atoms with Crippen molar-refractivity contribution in [3.63, 3.8) is 0 Å². The molecule has 1 atom stereocenters. The molecule has 1 aromatic carbocycles. The van der Waals surface area contributed by atoms with Gasteiger partial charge in [0.2, 0.25) is 0 Å². The van der Waals surface area contributed by atoms with Crippen LogP contribution in [-0.2, 0) is 17.6 Å². The Morgan fingerprint density at radius 2 is 2.08 bits per heavy atom. The number of amides is 2. The highest BCUT2D eigenvalue weighted by Gasteiger charge is 2.32. The van der Waals surface area contributed by atoms with Crippen molar-refractivity contribution in [3.8, 4) is 5.75 Å². The van der Waals surface area contributed by atoms with Crippen LogP contribution in [0, 0.1) is 0 Å². The minimum absolute atomic E-state index is 0.0958. The van der Waals surface area contributed by atoms with Crippen LogP contribution in [0.25, 0.3) is 0 Å².